The van der Waals surface area contributed by atoms with Crippen molar-refractivity contribution >= 4 is 17.3 Å². The Bertz CT molecular complexity index is 671. The topological polar surface area (TPSA) is 35.5 Å². The Balaban J connectivity index is 2.46. The van der Waals surface area contributed by atoms with Gasteiger partial charge >= 0.3 is 5.97 Å². The molecule has 0 spiro atoms. The van der Waals surface area contributed by atoms with Crippen molar-refractivity contribution in [3.8, 4) is 16.9 Å². The van der Waals surface area contributed by atoms with Crippen molar-refractivity contribution < 1.29 is 14.3 Å². The molecule has 2 aromatic rings. The van der Waals surface area contributed by atoms with Crippen molar-refractivity contribution in [2.45, 2.75) is 33.1 Å². The van der Waals surface area contributed by atoms with Crippen LogP contribution in [0.5, 0.6) is 5.75 Å². The van der Waals surface area contributed by atoms with Gasteiger partial charge in [0.15, 0.2) is 0 Å². The van der Waals surface area contributed by atoms with Crippen LogP contribution in [0.25, 0.3) is 11.1 Å². The SMILES string of the molecule is CCOC(=O)C(C)(C)c1ccc(-c2cscc2C)c(OC)c1. The number of methoxy groups -OCH3 is 1. The molecule has 2 rings (SSSR count). The summed E-state index contributed by atoms with van der Waals surface area (Å²) in [4.78, 5) is 12.2. The molecule has 0 aliphatic carbocycles. The quantitative estimate of drug-likeness (QED) is 0.757. The molecule has 0 saturated heterocycles. The molecule has 1 heterocycles. The fourth-order valence-electron chi connectivity index (χ4n) is 2.37. The highest BCUT2D eigenvalue weighted by molar-refractivity contribution is 7.08. The third-order valence-electron chi connectivity index (χ3n) is 3.85. The van der Waals surface area contributed by atoms with Gasteiger partial charge in [0.05, 0.1) is 19.1 Å². The lowest BCUT2D eigenvalue weighted by molar-refractivity contribution is -0.148. The predicted octanol–water partition coefficient (Wildman–Crippen LogP) is 4.57. The smallest absolute Gasteiger partial charge is 0.315 e. The van der Waals surface area contributed by atoms with Gasteiger partial charge in [-0.25, -0.2) is 0 Å². The number of carbonyl (C=O) groups is 1. The maximum atomic E-state index is 12.2. The molecule has 0 radical (unpaired) electrons. The Morgan fingerprint density at radius 3 is 2.50 bits per heavy atom. The summed E-state index contributed by atoms with van der Waals surface area (Å²) in [6, 6.07) is 5.93. The highest BCUT2D eigenvalue weighted by Gasteiger charge is 2.32. The van der Waals surface area contributed by atoms with Gasteiger partial charge in [-0.2, -0.15) is 11.3 Å². The first-order valence-electron chi connectivity index (χ1n) is 7.30. The van der Waals surface area contributed by atoms with Crippen LogP contribution in [-0.2, 0) is 14.9 Å². The second-order valence-corrected chi connectivity index (χ2v) is 6.47. The molecule has 0 atom stereocenters. The Hall–Kier alpha value is -1.81. The third kappa shape index (κ3) is 3.02. The van der Waals surface area contributed by atoms with Crippen LogP contribution in [0.4, 0.5) is 0 Å². The molecule has 1 aromatic carbocycles. The highest BCUT2D eigenvalue weighted by atomic mass is 32.1. The Kier molecular flexibility index (Phi) is 4.91. The monoisotopic (exact) mass is 318 g/mol. The number of hydrogen-bond acceptors (Lipinski definition) is 4. The summed E-state index contributed by atoms with van der Waals surface area (Å²) in [5.41, 5.74) is 3.62. The van der Waals surface area contributed by atoms with Gasteiger partial charge in [0.25, 0.3) is 0 Å². The van der Waals surface area contributed by atoms with Gasteiger partial charge in [0.2, 0.25) is 0 Å². The van der Waals surface area contributed by atoms with Gasteiger partial charge in [-0.15, -0.1) is 0 Å². The van der Waals surface area contributed by atoms with E-state index in [9.17, 15) is 4.79 Å². The molecule has 22 heavy (non-hydrogen) atoms. The lowest BCUT2D eigenvalue weighted by atomic mass is 9.83. The maximum Gasteiger partial charge on any atom is 0.315 e. The fourth-order valence-corrected chi connectivity index (χ4v) is 3.22. The lowest BCUT2D eigenvalue weighted by Gasteiger charge is -2.24. The largest absolute Gasteiger partial charge is 0.496 e. The second-order valence-electron chi connectivity index (χ2n) is 5.73. The average molecular weight is 318 g/mol. The summed E-state index contributed by atoms with van der Waals surface area (Å²) in [7, 11) is 1.65. The third-order valence-corrected chi connectivity index (χ3v) is 4.72. The Morgan fingerprint density at radius 1 is 1.23 bits per heavy atom. The van der Waals surface area contributed by atoms with Crippen LogP contribution in [0.3, 0.4) is 0 Å². The minimum absolute atomic E-state index is 0.225. The maximum absolute atomic E-state index is 12.2. The van der Waals surface area contributed by atoms with E-state index < -0.39 is 5.41 Å². The van der Waals surface area contributed by atoms with E-state index in [1.807, 2.05) is 39.0 Å². The zero-order valence-corrected chi connectivity index (χ0v) is 14.5. The van der Waals surface area contributed by atoms with E-state index in [1.54, 1.807) is 18.4 Å². The van der Waals surface area contributed by atoms with E-state index in [1.165, 1.54) is 11.1 Å². The normalized spacial score (nSPS) is 11.3. The molecule has 0 aliphatic heterocycles. The van der Waals surface area contributed by atoms with Gasteiger partial charge in [-0.1, -0.05) is 12.1 Å². The molecule has 0 bridgehead atoms. The highest BCUT2D eigenvalue weighted by Crippen LogP contribution is 2.37. The van der Waals surface area contributed by atoms with Crippen LogP contribution in [-0.4, -0.2) is 19.7 Å². The first-order chi connectivity index (χ1) is 10.4. The molecule has 0 saturated carbocycles. The lowest BCUT2D eigenvalue weighted by Crippen LogP contribution is -2.31. The number of benzene rings is 1. The molecule has 3 nitrogen and oxygen atoms in total. The van der Waals surface area contributed by atoms with Crippen molar-refractivity contribution in [1.82, 2.24) is 0 Å². The van der Waals surface area contributed by atoms with Crippen LogP contribution in [0.15, 0.2) is 29.0 Å². The molecule has 118 valence electrons. The summed E-state index contributed by atoms with van der Waals surface area (Å²) in [5, 5.41) is 4.23. The molecular weight excluding hydrogens is 296 g/mol. The fraction of sp³-hybridized carbons (Fsp3) is 0.389. The Labute approximate surface area is 135 Å². The molecule has 0 aliphatic rings. The van der Waals surface area contributed by atoms with Gasteiger partial charge in [-0.3, -0.25) is 4.79 Å². The molecule has 0 amide bonds. The summed E-state index contributed by atoms with van der Waals surface area (Å²) in [5.74, 6) is 0.549. The van der Waals surface area contributed by atoms with Crippen LogP contribution < -0.4 is 4.74 Å². The van der Waals surface area contributed by atoms with Gasteiger partial charge in [0, 0.05) is 5.56 Å². The van der Waals surface area contributed by atoms with E-state index in [0.717, 1.165) is 16.9 Å². The molecule has 1 aromatic heterocycles. The van der Waals surface area contributed by atoms with E-state index in [-0.39, 0.29) is 5.97 Å². The van der Waals surface area contributed by atoms with Crippen molar-refractivity contribution in [2.24, 2.45) is 0 Å². The van der Waals surface area contributed by atoms with Crippen LogP contribution >= 0.6 is 11.3 Å². The first-order valence-corrected chi connectivity index (χ1v) is 8.25. The van der Waals surface area contributed by atoms with E-state index >= 15 is 0 Å². The molecule has 0 N–H and O–H groups in total. The molecular formula is C18H22O3S. The number of esters is 1. The van der Waals surface area contributed by atoms with Crippen LogP contribution in [0, 0.1) is 6.92 Å². The number of aryl methyl sites for hydroxylation is 1. The number of thiophene rings is 1. The van der Waals surface area contributed by atoms with Crippen molar-refractivity contribution in [3.63, 3.8) is 0 Å². The summed E-state index contributed by atoms with van der Waals surface area (Å²) < 4.78 is 10.7. The van der Waals surface area contributed by atoms with Crippen LogP contribution in [0.2, 0.25) is 0 Å². The minimum atomic E-state index is -0.703. The first kappa shape index (κ1) is 16.6. The second kappa shape index (κ2) is 6.53. The van der Waals surface area contributed by atoms with Crippen molar-refractivity contribution in [2.75, 3.05) is 13.7 Å². The molecule has 4 heteroatoms. The number of ether oxygens (including phenoxy) is 2. The van der Waals surface area contributed by atoms with E-state index in [0.29, 0.717) is 6.61 Å². The minimum Gasteiger partial charge on any atom is -0.496 e. The number of carbonyl (C=O) groups excluding carboxylic acids is 1. The number of rotatable bonds is 5. The zero-order chi connectivity index (χ0) is 16.3. The van der Waals surface area contributed by atoms with Gasteiger partial charge < -0.3 is 9.47 Å². The zero-order valence-electron chi connectivity index (χ0n) is 13.7. The summed E-state index contributed by atoms with van der Waals surface area (Å²) in [6.45, 7) is 8.02. The van der Waals surface area contributed by atoms with Crippen molar-refractivity contribution in [3.05, 3.63) is 40.1 Å². The molecule has 0 unspecified atom stereocenters. The van der Waals surface area contributed by atoms with Crippen molar-refractivity contribution in [1.29, 1.82) is 0 Å². The van der Waals surface area contributed by atoms with E-state index in [2.05, 4.69) is 17.7 Å². The van der Waals surface area contributed by atoms with Gasteiger partial charge in [-0.05, 0) is 61.2 Å². The number of hydrogen-bond donors (Lipinski definition) is 0. The predicted molar refractivity (Wildman–Crippen MR) is 90.7 cm³/mol. The van der Waals surface area contributed by atoms with Crippen LogP contribution in [0.1, 0.15) is 31.9 Å². The average Bonchev–Trinajstić information content (AvgIpc) is 2.92. The standard InChI is InChI=1S/C18H22O3S/c1-6-21-17(19)18(3,4)13-7-8-14(16(9-13)20-5)15-11-22-10-12(15)2/h7-11H,6H2,1-5H3. The van der Waals surface area contributed by atoms with Gasteiger partial charge in [0.1, 0.15) is 5.75 Å². The molecule has 0 fully saturated rings. The summed E-state index contributed by atoms with van der Waals surface area (Å²) in [6.07, 6.45) is 0. The Morgan fingerprint density at radius 2 is 1.95 bits per heavy atom. The van der Waals surface area contributed by atoms with E-state index in [4.69, 9.17) is 9.47 Å². The summed E-state index contributed by atoms with van der Waals surface area (Å²) >= 11 is 1.67.